The summed E-state index contributed by atoms with van der Waals surface area (Å²) in [7, 11) is 0. The molecule has 0 amide bonds. The van der Waals surface area contributed by atoms with Crippen molar-refractivity contribution in [3.63, 3.8) is 0 Å². The predicted molar refractivity (Wildman–Crippen MR) is 61.9 cm³/mol. The number of aromatic nitrogens is 1. The minimum Gasteiger partial charge on any atom is -0.508 e. The van der Waals surface area contributed by atoms with E-state index in [1.807, 2.05) is 6.07 Å². The molecule has 0 unspecified atom stereocenters. The van der Waals surface area contributed by atoms with Gasteiger partial charge in [-0.2, -0.15) is 5.26 Å². The molecule has 2 aromatic rings. The van der Waals surface area contributed by atoms with E-state index in [9.17, 15) is 5.11 Å². The van der Waals surface area contributed by atoms with E-state index in [2.05, 4.69) is 4.98 Å². The van der Waals surface area contributed by atoms with Crippen molar-refractivity contribution in [2.45, 2.75) is 6.92 Å². The lowest BCUT2D eigenvalue weighted by Crippen LogP contribution is -1.89. The molecule has 0 bridgehead atoms. The first-order valence-corrected chi connectivity index (χ1v) is 5.03. The Balaban J connectivity index is 2.32. The van der Waals surface area contributed by atoms with Crippen molar-refractivity contribution in [3.05, 3.63) is 47.8 Å². The van der Waals surface area contributed by atoms with E-state index in [1.54, 1.807) is 37.3 Å². The predicted octanol–water partition coefficient (Wildman–Crippen LogP) is 2.76. The minimum atomic E-state index is 0.178. The van der Waals surface area contributed by atoms with Gasteiger partial charge < -0.3 is 9.84 Å². The lowest BCUT2D eigenvalue weighted by atomic mass is 10.2. The molecule has 0 aliphatic rings. The molecule has 0 aliphatic carbocycles. The van der Waals surface area contributed by atoms with E-state index in [-0.39, 0.29) is 5.75 Å². The molecule has 17 heavy (non-hydrogen) atoms. The molecule has 2 rings (SSSR count). The van der Waals surface area contributed by atoms with Crippen molar-refractivity contribution >= 4 is 0 Å². The zero-order valence-corrected chi connectivity index (χ0v) is 9.21. The molecular weight excluding hydrogens is 216 g/mol. The molecule has 4 heteroatoms. The average molecular weight is 226 g/mol. The second-order valence-corrected chi connectivity index (χ2v) is 3.49. The van der Waals surface area contributed by atoms with Crippen LogP contribution in [-0.2, 0) is 0 Å². The van der Waals surface area contributed by atoms with Crippen molar-refractivity contribution in [1.29, 1.82) is 5.26 Å². The number of nitriles is 1. The summed E-state index contributed by atoms with van der Waals surface area (Å²) in [6.45, 7) is 1.76. The zero-order valence-electron chi connectivity index (χ0n) is 9.21. The van der Waals surface area contributed by atoms with Crippen LogP contribution >= 0.6 is 0 Å². The molecule has 0 atom stereocenters. The maximum absolute atomic E-state index is 9.53. The van der Waals surface area contributed by atoms with Crippen molar-refractivity contribution in [1.82, 2.24) is 4.98 Å². The van der Waals surface area contributed by atoms with Crippen LogP contribution < -0.4 is 4.74 Å². The first-order valence-electron chi connectivity index (χ1n) is 5.03. The minimum absolute atomic E-state index is 0.178. The molecule has 4 nitrogen and oxygen atoms in total. The van der Waals surface area contributed by atoms with E-state index in [0.29, 0.717) is 22.8 Å². The van der Waals surface area contributed by atoms with Crippen LogP contribution in [0.5, 0.6) is 17.2 Å². The van der Waals surface area contributed by atoms with Crippen LogP contribution in [0.3, 0.4) is 0 Å². The Labute approximate surface area is 98.7 Å². The Kier molecular flexibility index (Phi) is 2.93. The summed E-state index contributed by atoms with van der Waals surface area (Å²) in [5.41, 5.74) is 0.947. The summed E-state index contributed by atoms with van der Waals surface area (Å²) in [5.74, 6) is 1.25. The molecule has 1 N–H and O–H groups in total. The molecule has 1 heterocycles. The SMILES string of the molecule is Cc1c(O)cccc1Oc1ccnc(C#N)c1. The average Bonchev–Trinajstić information content (AvgIpc) is 2.35. The Hall–Kier alpha value is -2.54. The van der Waals surface area contributed by atoms with Crippen LogP contribution in [0.4, 0.5) is 0 Å². The molecule has 0 radical (unpaired) electrons. The number of ether oxygens (including phenoxy) is 1. The fourth-order valence-electron chi connectivity index (χ4n) is 1.38. The number of phenolic OH excluding ortho intramolecular Hbond substituents is 1. The van der Waals surface area contributed by atoms with E-state index in [1.165, 1.54) is 6.20 Å². The molecule has 0 fully saturated rings. The summed E-state index contributed by atoms with van der Waals surface area (Å²) in [6, 6.07) is 10.2. The number of hydrogen-bond donors (Lipinski definition) is 1. The molecule has 1 aromatic carbocycles. The topological polar surface area (TPSA) is 66.1 Å². The second kappa shape index (κ2) is 4.54. The van der Waals surface area contributed by atoms with E-state index in [4.69, 9.17) is 10.00 Å². The summed E-state index contributed by atoms with van der Waals surface area (Å²) < 4.78 is 5.58. The monoisotopic (exact) mass is 226 g/mol. The van der Waals surface area contributed by atoms with Crippen LogP contribution in [0.25, 0.3) is 0 Å². The number of hydrogen-bond acceptors (Lipinski definition) is 4. The molecule has 0 aliphatic heterocycles. The van der Waals surface area contributed by atoms with Gasteiger partial charge in [0.05, 0.1) is 0 Å². The molecule has 1 aromatic heterocycles. The third-order valence-corrected chi connectivity index (χ3v) is 2.33. The summed E-state index contributed by atoms with van der Waals surface area (Å²) in [5, 5.41) is 18.3. The molecule has 0 spiro atoms. The Morgan fingerprint density at radius 3 is 2.94 bits per heavy atom. The van der Waals surface area contributed by atoms with Crippen molar-refractivity contribution in [2.75, 3.05) is 0 Å². The first kappa shape index (κ1) is 11.0. The highest BCUT2D eigenvalue weighted by Crippen LogP contribution is 2.30. The third-order valence-electron chi connectivity index (χ3n) is 2.33. The quantitative estimate of drug-likeness (QED) is 0.855. The van der Waals surface area contributed by atoms with Gasteiger partial charge in [0, 0.05) is 17.8 Å². The highest BCUT2D eigenvalue weighted by Gasteiger charge is 2.05. The van der Waals surface area contributed by atoms with Gasteiger partial charge in [-0.25, -0.2) is 4.98 Å². The van der Waals surface area contributed by atoms with Crippen LogP contribution in [0.2, 0.25) is 0 Å². The molecule has 84 valence electrons. The summed E-state index contributed by atoms with van der Waals surface area (Å²) in [6.07, 6.45) is 1.51. The van der Waals surface area contributed by atoms with Crippen LogP contribution in [0.1, 0.15) is 11.3 Å². The smallest absolute Gasteiger partial charge is 0.144 e. The number of nitrogens with zero attached hydrogens (tertiary/aromatic N) is 2. The normalized spacial score (nSPS) is 9.65. The number of benzene rings is 1. The van der Waals surface area contributed by atoms with Gasteiger partial charge in [-0.1, -0.05) is 6.07 Å². The van der Waals surface area contributed by atoms with Gasteiger partial charge in [0.15, 0.2) is 0 Å². The fraction of sp³-hybridized carbons (Fsp3) is 0.0769. The maximum atomic E-state index is 9.53. The van der Waals surface area contributed by atoms with Gasteiger partial charge in [0.2, 0.25) is 0 Å². The van der Waals surface area contributed by atoms with E-state index < -0.39 is 0 Å². The highest BCUT2D eigenvalue weighted by atomic mass is 16.5. The Morgan fingerprint density at radius 1 is 1.35 bits per heavy atom. The number of pyridine rings is 1. The van der Waals surface area contributed by atoms with Gasteiger partial charge >= 0.3 is 0 Å². The van der Waals surface area contributed by atoms with Crippen LogP contribution in [0, 0.1) is 18.3 Å². The maximum Gasteiger partial charge on any atom is 0.144 e. The number of phenols is 1. The van der Waals surface area contributed by atoms with Gasteiger partial charge in [-0.15, -0.1) is 0 Å². The summed E-state index contributed by atoms with van der Waals surface area (Å²) in [4.78, 5) is 3.85. The zero-order chi connectivity index (χ0) is 12.3. The third kappa shape index (κ3) is 2.34. The van der Waals surface area contributed by atoms with Crippen LogP contribution in [0.15, 0.2) is 36.5 Å². The standard InChI is InChI=1S/C13H10N2O2/c1-9-12(16)3-2-4-13(9)17-11-5-6-15-10(7-11)8-14/h2-7,16H,1H3. The lowest BCUT2D eigenvalue weighted by molar-refractivity contribution is 0.448. The second-order valence-electron chi connectivity index (χ2n) is 3.49. The van der Waals surface area contributed by atoms with Crippen LogP contribution in [-0.4, -0.2) is 10.1 Å². The number of rotatable bonds is 2. The van der Waals surface area contributed by atoms with Crippen molar-refractivity contribution in [3.8, 4) is 23.3 Å². The highest BCUT2D eigenvalue weighted by molar-refractivity contribution is 5.45. The first-order chi connectivity index (χ1) is 8.20. The lowest BCUT2D eigenvalue weighted by Gasteiger charge is -2.09. The molecular formula is C13H10N2O2. The van der Waals surface area contributed by atoms with E-state index >= 15 is 0 Å². The van der Waals surface area contributed by atoms with Gasteiger partial charge in [0.1, 0.15) is 29.0 Å². The number of aromatic hydroxyl groups is 1. The van der Waals surface area contributed by atoms with Gasteiger partial charge in [-0.3, -0.25) is 0 Å². The van der Waals surface area contributed by atoms with E-state index in [0.717, 1.165) is 0 Å². The van der Waals surface area contributed by atoms with Crippen molar-refractivity contribution in [2.24, 2.45) is 0 Å². The Bertz CT molecular complexity index is 588. The van der Waals surface area contributed by atoms with Crippen molar-refractivity contribution < 1.29 is 9.84 Å². The van der Waals surface area contributed by atoms with Gasteiger partial charge in [-0.05, 0) is 25.1 Å². The molecule has 0 saturated carbocycles. The fourth-order valence-corrected chi connectivity index (χ4v) is 1.38. The molecule has 0 saturated heterocycles. The largest absolute Gasteiger partial charge is 0.508 e. The Morgan fingerprint density at radius 2 is 2.18 bits per heavy atom. The van der Waals surface area contributed by atoms with Gasteiger partial charge in [0.25, 0.3) is 0 Å². The summed E-state index contributed by atoms with van der Waals surface area (Å²) >= 11 is 0.